The summed E-state index contributed by atoms with van der Waals surface area (Å²) in [7, 11) is 0. The molecule has 0 atom stereocenters. The number of hydrogen-bond acceptors (Lipinski definition) is 5. The average Bonchev–Trinajstić information content (AvgIpc) is 3.08. The summed E-state index contributed by atoms with van der Waals surface area (Å²) in [6, 6.07) is 20.2. The van der Waals surface area contributed by atoms with Crippen molar-refractivity contribution < 1.29 is 19.1 Å². The molecule has 0 N–H and O–H groups in total. The maximum absolute atomic E-state index is 12.9. The van der Waals surface area contributed by atoms with Crippen LogP contribution >= 0.6 is 35.0 Å². The van der Waals surface area contributed by atoms with E-state index >= 15 is 0 Å². The van der Waals surface area contributed by atoms with Crippen LogP contribution in [0.15, 0.2) is 71.6 Å². The van der Waals surface area contributed by atoms with Crippen LogP contribution < -0.4 is 9.47 Å². The molecule has 174 valence electrons. The van der Waals surface area contributed by atoms with Crippen molar-refractivity contribution in [1.29, 1.82) is 0 Å². The van der Waals surface area contributed by atoms with Crippen LogP contribution in [-0.4, -0.2) is 22.7 Å². The van der Waals surface area contributed by atoms with Gasteiger partial charge in [0.1, 0.15) is 6.61 Å². The molecule has 0 spiro atoms. The van der Waals surface area contributed by atoms with E-state index in [4.69, 9.17) is 32.7 Å². The summed E-state index contributed by atoms with van der Waals surface area (Å²) in [5.41, 5.74) is 2.45. The molecule has 0 aromatic heterocycles. The Balaban J connectivity index is 1.55. The van der Waals surface area contributed by atoms with Gasteiger partial charge < -0.3 is 9.47 Å². The van der Waals surface area contributed by atoms with Crippen molar-refractivity contribution in [2.45, 2.75) is 20.1 Å². The quantitative estimate of drug-likeness (QED) is 0.298. The first-order valence-electron chi connectivity index (χ1n) is 10.6. The number of ether oxygens (including phenoxy) is 2. The van der Waals surface area contributed by atoms with Gasteiger partial charge in [-0.05, 0) is 65.7 Å². The third kappa shape index (κ3) is 5.76. The summed E-state index contributed by atoms with van der Waals surface area (Å²) in [5, 5.41) is 0.683. The van der Waals surface area contributed by atoms with Gasteiger partial charge in [-0.1, -0.05) is 65.7 Å². The molecular formula is C26H21Cl2NO4S. The molecule has 1 fully saturated rings. The van der Waals surface area contributed by atoms with Crippen LogP contribution in [0.4, 0.5) is 4.79 Å². The number of imide groups is 1. The Morgan fingerprint density at radius 3 is 2.38 bits per heavy atom. The third-order valence-corrected chi connectivity index (χ3v) is 6.42. The van der Waals surface area contributed by atoms with Gasteiger partial charge in [0, 0.05) is 5.02 Å². The van der Waals surface area contributed by atoms with Gasteiger partial charge in [-0.2, -0.15) is 0 Å². The second-order valence-corrected chi connectivity index (χ2v) is 9.27. The van der Waals surface area contributed by atoms with Crippen molar-refractivity contribution in [3.8, 4) is 11.5 Å². The van der Waals surface area contributed by atoms with E-state index in [1.807, 2.05) is 49.4 Å². The molecule has 34 heavy (non-hydrogen) atoms. The molecule has 5 nitrogen and oxygen atoms in total. The highest BCUT2D eigenvalue weighted by atomic mass is 35.5. The molecule has 4 rings (SSSR count). The largest absolute Gasteiger partial charge is 0.490 e. The molecule has 8 heteroatoms. The Bertz CT molecular complexity index is 1230. The van der Waals surface area contributed by atoms with Crippen molar-refractivity contribution in [2.75, 3.05) is 6.61 Å². The zero-order chi connectivity index (χ0) is 24.1. The Labute approximate surface area is 212 Å². The second kappa shape index (κ2) is 11.0. The topological polar surface area (TPSA) is 55.8 Å². The summed E-state index contributed by atoms with van der Waals surface area (Å²) in [5.74, 6) is 0.530. The van der Waals surface area contributed by atoms with E-state index in [2.05, 4.69) is 0 Å². The fraction of sp³-hybridized carbons (Fsp3) is 0.154. The van der Waals surface area contributed by atoms with Crippen LogP contribution in [0.5, 0.6) is 11.5 Å². The molecule has 0 saturated carbocycles. The predicted molar refractivity (Wildman–Crippen MR) is 136 cm³/mol. The van der Waals surface area contributed by atoms with Gasteiger partial charge in [-0.25, -0.2) is 0 Å². The summed E-state index contributed by atoms with van der Waals surface area (Å²) in [6.45, 7) is 2.78. The molecule has 1 saturated heterocycles. The van der Waals surface area contributed by atoms with E-state index < -0.39 is 0 Å². The van der Waals surface area contributed by atoms with E-state index in [9.17, 15) is 9.59 Å². The van der Waals surface area contributed by atoms with E-state index in [1.54, 1.807) is 30.3 Å². The van der Waals surface area contributed by atoms with Crippen LogP contribution in [0.25, 0.3) is 6.08 Å². The van der Waals surface area contributed by atoms with E-state index in [1.165, 1.54) is 4.90 Å². The molecule has 0 bridgehead atoms. The zero-order valence-electron chi connectivity index (χ0n) is 18.3. The summed E-state index contributed by atoms with van der Waals surface area (Å²) in [6.07, 6.45) is 1.65. The predicted octanol–water partition coefficient (Wildman–Crippen LogP) is 7.21. The highest BCUT2D eigenvalue weighted by Gasteiger charge is 2.35. The smallest absolute Gasteiger partial charge is 0.293 e. The number of nitrogens with zero attached hydrogens (tertiary/aromatic N) is 1. The molecule has 0 unspecified atom stereocenters. The first-order valence-corrected chi connectivity index (χ1v) is 12.1. The Morgan fingerprint density at radius 1 is 0.941 bits per heavy atom. The van der Waals surface area contributed by atoms with Crippen LogP contribution in [-0.2, 0) is 17.9 Å². The molecule has 1 heterocycles. The van der Waals surface area contributed by atoms with Gasteiger partial charge in [0.2, 0.25) is 0 Å². The van der Waals surface area contributed by atoms with Gasteiger partial charge in [0.25, 0.3) is 11.1 Å². The van der Waals surface area contributed by atoms with Crippen LogP contribution in [0.1, 0.15) is 23.6 Å². The number of rotatable bonds is 8. The zero-order valence-corrected chi connectivity index (χ0v) is 20.6. The summed E-state index contributed by atoms with van der Waals surface area (Å²) < 4.78 is 11.7. The number of carbonyl (C=O) groups is 2. The normalized spacial score (nSPS) is 14.7. The summed E-state index contributed by atoms with van der Waals surface area (Å²) >= 11 is 13.4. The monoisotopic (exact) mass is 513 g/mol. The van der Waals surface area contributed by atoms with Crippen molar-refractivity contribution in [3.63, 3.8) is 0 Å². The number of amides is 2. The lowest BCUT2D eigenvalue weighted by Crippen LogP contribution is -2.27. The second-order valence-electron chi connectivity index (χ2n) is 7.43. The minimum absolute atomic E-state index is 0.227. The molecule has 0 aliphatic carbocycles. The lowest BCUT2D eigenvalue weighted by molar-refractivity contribution is -0.123. The molecule has 0 radical (unpaired) electrons. The Kier molecular flexibility index (Phi) is 7.83. The third-order valence-electron chi connectivity index (χ3n) is 4.98. The van der Waals surface area contributed by atoms with Crippen molar-refractivity contribution in [1.82, 2.24) is 4.90 Å². The van der Waals surface area contributed by atoms with Gasteiger partial charge in [-0.3, -0.25) is 14.5 Å². The Hall–Kier alpha value is -2.93. The first-order chi connectivity index (χ1) is 16.4. The Morgan fingerprint density at radius 2 is 1.68 bits per heavy atom. The van der Waals surface area contributed by atoms with Crippen LogP contribution in [0.2, 0.25) is 10.0 Å². The lowest BCUT2D eigenvalue weighted by atomic mass is 10.1. The molecular weight excluding hydrogens is 493 g/mol. The van der Waals surface area contributed by atoms with Crippen molar-refractivity contribution >= 4 is 52.2 Å². The SMILES string of the molecule is CCOc1cc(/C=C2/SC(=O)N(Cc3ccccc3)C2=O)cc(Cl)c1OCc1ccc(Cl)cc1. The number of carbonyl (C=O) groups excluding carboxylic acids is 2. The van der Waals surface area contributed by atoms with Gasteiger partial charge in [0.15, 0.2) is 11.5 Å². The maximum Gasteiger partial charge on any atom is 0.293 e. The van der Waals surface area contributed by atoms with E-state index in [0.717, 1.165) is 22.9 Å². The standard InChI is InChI=1S/C26H21Cl2NO4S/c1-2-32-22-13-19(12-21(28)24(22)33-16-18-8-10-20(27)11-9-18)14-23-25(30)29(26(31)34-23)15-17-6-4-3-5-7-17/h3-14H,2,15-16H2,1H3/b23-14+. The lowest BCUT2D eigenvalue weighted by Gasteiger charge is -2.15. The summed E-state index contributed by atoms with van der Waals surface area (Å²) in [4.78, 5) is 26.9. The number of halogens is 2. The van der Waals surface area contributed by atoms with Crippen LogP contribution in [0, 0.1) is 0 Å². The first kappa shape index (κ1) is 24.2. The van der Waals surface area contributed by atoms with Gasteiger partial charge >= 0.3 is 0 Å². The minimum Gasteiger partial charge on any atom is -0.490 e. The van der Waals surface area contributed by atoms with E-state index in [-0.39, 0.29) is 24.3 Å². The van der Waals surface area contributed by atoms with Gasteiger partial charge in [0.05, 0.1) is 23.1 Å². The van der Waals surface area contributed by atoms with Crippen molar-refractivity contribution in [2.24, 2.45) is 0 Å². The number of thioether (sulfide) groups is 1. The fourth-order valence-corrected chi connectivity index (χ4v) is 4.60. The molecule has 3 aromatic carbocycles. The van der Waals surface area contributed by atoms with E-state index in [0.29, 0.717) is 38.6 Å². The maximum atomic E-state index is 12.9. The molecule has 3 aromatic rings. The fourth-order valence-electron chi connectivity index (χ4n) is 3.36. The average molecular weight is 514 g/mol. The highest BCUT2D eigenvalue weighted by Crippen LogP contribution is 2.39. The molecule has 1 aliphatic rings. The molecule has 2 amide bonds. The van der Waals surface area contributed by atoms with Gasteiger partial charge in [-0.15, -0.1) is 0 Å². The van der Waals surface area contributed by atoms with Crippen molar-refractivity contribution in [3.05, 3.63) is 98.4 Å². The highest BCUT2D eigenvalue weighted by molar-refractivity contribution is 8.18. The van der Waals surface area contributed by atoms with Crippen LogP contribution in [0.3, 0.4) is 0 Å². The number of benzene rings is 3. The number of hydrogen-bond donors (Lipinski definition) is 0. The molecule has 1 aliphatic heterocycles. The minimum atomic E-state index is -0.337.